The third-order valence-corrected chi connectivity index (χ3v) is 2.21. The smallest absolute Gasteiger partial charge is 0.0493 e. The van der Waals surface area contributed by atoms with E-state index in [0.29, 0.717) is 17.9 Å². The summed E-state index contributed by atoms with van der Waals surface area (Å²) >= 11 is 0. The Morgan fingerprint density at radius 1 is 1.00 bits per heavy atom. The first-order chi connectivity index (χ1) is 4.95. The van der Waals surface area contributed by atoms with E-state index < -0.39 is 0 Å². The average molecular weight is 155 g/mol. The molecule has 1 heteroatoms. The number of hydrogen-bond donors (Lipinski definition) is 0. The first kappa shape index (κ1) is 10.7. The van der Waals surface area contributed by atoms with Crippen LogP contribution < -0.4 is 0 Å². The predicted octanol–water partition coefficient (Wildman–Crippen LogP) is 3.15. The molecule has 0 aromatic rings. The van der Waals surface area contributed by atoms with Gasteiger partial charge in [0, 0.05) is 11.8 Å². The van der Waals surface area contributed by atoms with Crippen LogP contribution in [0.1, 0.15) is 41.5 Å². The van der Waals surface area contributed by atoms with E-state index in [1.165, 1.54) is 5.71 Å². The van der Waals surface area contributed by atoms with Gasteiger partial charge in [-0.1, -0.05) is 27.7 Å². The van der Waals surface area contributed by atoms with E-state index in [1.54, 1.807) is 0 Å². The Bertz CT molecular complexity index is 134. The molecule has 66 valence electrons. The molecule has 11 heavy (non-hydrogen) atoms. The number of aliphatic imine (C=N–C) groups is 1. The summed E-state index contributed by atoms with van der Waals surface area (Å²) in [4.78, 5) is 4.59. The van der Waals surface area contributed by atoms with Crippen LogP contribution in [0.2, 0.25) is 0 Å². The molecule has 1 unspecified atom stereocenters. The van der Waals surface area contributed by atoms with Crippen molar-refractivity contribution in [1.29, 1.82) is 0 Å². The molecule has 0 saturated heterocycles. The zero-order chi connectivity index (χ0) is 9.02. The Labute approximate surface area is 70.9 Å². The second kappa shape index (κ2) is 4.53. The molecular weight excluding hydrogens is 134 g/mol. The maximum atomic E-state index is 4.59. The highest BCUT2D eigenvalue weighted by Gasteiger charge is 2.06. The lowest BCUT2D eigenvalue weighted by Crippen LogP contribution is -2.12. The molecule has 0 radical (unpaired) electrons. The quantitative estimate of drug-likeness (QED) is 0.555. The zero-order valence-electron chi connectivity index (χ0n) is 8.68. The fraction of sp³-hybridized carbons (Fsp3) is 0.900. The van der Waals surface area contributed by atoms with Crippen molar-refractivity contribution in [2.45, 2.75) is 47.6 Å². The van der Waals surface area contributed by atoms with Crippen molar-refractivity contribution >= 4 is 5.71 Å². The van der Waals surface area contributed by atoms with Crippen molar-refractivity contribution < 1.29 is 0 Å². The maximum Gasteiger partial charge on any atom is 0.0493 e. The number of rotatable bonds is 3. The summed E-state index contributed by atoms with van der Waals surface area (Å²) in [6.07, 6.45) is 0. The maximum absolute atomic E-state index is 4.59. The van der Waals surface area contributed by atoms with Crippen LogP contribution >= 0.6 is 0 Å². The largest absolute Gasteiger partial charge is 0.291 e. The topological polar surface area (TPSA) is 12.4 Å². The lowest BCUT2D eigenvalue weighted by molar-refractivity contribution is 0.528. The molecule has 0 rings (SSSR count). The summed E-state index contributed by atoms with van der Waals surface area (Å²) in [6, 6.07) is 0.470. The number of nitrogens with zero attached hydrogens (tertiary/aromatic N) is 1. The van der Waals surface area contributed by atoms with Gasteiger partial charge in [0.05, 0.1) is 0 Å². The van der Waals surface area contributed by atoms with Crippen LogP contribution in [0.5, 0.6) is 0 Å². The minimum Gasteiger partial charge on any atom is -0.291 e. The highest BCUT2D eigenvalue weighted by molar-refractivity contribution is 5.83. The molecule has 0 aliphatic carbocycles. The third kappa shape index (κ3) is 4.18. The van der Waals surface area contributed by atoms with Crippen LogP contribution in [0.15, 0.2) is 4.99 Å². The van der Waals surface area contributed by atoms with Crippen molar-refractivity contribution in [3.8, 4) is 0 Å². The van der Waals surface area contributed by atoms with E-state index in [0.717, 1.165) is 0 Å². The van der Waals surface area contributed by atoms with Gasteiger partial charge in [0.15, 0.2) is 0 Å². The van der Waals surface area contributed by atoms with Gasteiger partial charge in [-0.2, -0.15) is 0 Å². The highest BCUT2D eigenvalue weighted by Crippen LogP contribution is 2.07. The molecule has 0 bridgehead atoms. The summed E-state index contributed by atoms with van der Waals surface area (Å²) < 4.78 is 0. The fourth-order valence-corrected chi connectivity index (χ4v) is 0.619. The number of hydrogen-bond acceptors (Lipinski definition) is 1. The van der Waals surface area contributed by atoms with Gasteiger partial charge in [0.2, 0.25) is 0 Å². The first-order valence-corrected chi connectivity index (χ1v) is 4.49. The Morgan fingerprint density at radius 3 is 1.73 bits per heavy atom. The van der Waals surface area contributed by atoms with Crippen molar-refractivity contribution in [2.75, 3.05) is 0 Å². The summed E-state index contributed by atoms with van der Waals surface area (Å²) in [5, 5.41) is 0. The van der Waals surface area contributed by atoms with Gasteiger partial charge in [0.25, 0.3) is 0 Å². The molecular formula is C10H21N. The molecule has 0 heterocycles. The summed E-state index contributed by atoms with van der Waals surface area (Å²) in [6.45, 7) is 13.1. The molecule has 1 nitrogen and oxygen atoms in total. The van der Waals surface area contributed by atoms with Crippen LogP contribution in [0.4, 0.5) is 0 Å². The van der Waals surface area contributed by atoms with E-state index in [-0.39, 0.29) is 0 Å². The fourth-order valence-electron chi connectivity index (χ4n) is 0.619. The first-order valence-electron chi connectivity index (χ1n) is 4.49. The van der Waals surface area contributed by atoms with Crippen molar-refractivity contribution in [3.63, 3.8) is 0 Å². The van der Waals surface area contributed by atoms with E-state index in [1.807, 2.05) is 0 Å². The standard InChI is InChI=1S/C10H21N/c1-7(2)9(5)11-10(6)8(3)4/h7-9H,1-6H3. The summed E-state index contributed by atoms with van der Waals surface area (Å²) in [5.41, 5.74) is 1.27. The zero-order valence-corrected chi connectivity index (χ0v) is 8.68. The SMILES string of the molecule is CC(=NC(C)C(C)C)C(C)C. The van der Waals surface area contributed by atoms with Crippen molar-refractivity contribution in [3.05, 3.63) is 0 Å². The van der Waals surface area contributed by atoms with Crippen LogP contribution in [-0.4, -0.2) is 11.8 Å². The molecule has 0 aliphatic rings. The van der Waals surface area contributed by atoms with Crippen LogP contribution in [0.25, 0.3) is 0 Å². The van der Waals surface area contributed by atoms with Gasteiger partial charge < -0.3 is 0 Å². The Kier molecular flexibility index (Phi) is 4.39. The highest BCUT2D eigenvalue weighted by atomic mass is 14.8. The van der Waals surface area contributed by atoms with E-state index in [2.05, 4.69) is 46.5 Å². The molecule has 0 amide bonds. The normalized spacial score (nSPS) is 16.2. The van der Waals surface area contributed by atoms with Crippen LogP contribution in [-0.2, 0) is 0 Å². The van der Waals surface area contributed by atoms with Gasteiger partial charge in [0.1, 0.15) is 0 Å². The third-order valence-electron chi connectivity index (χ3n) is 2.21. The van der Waals surface area contributed by atoms with Crippen LogP contribution in [0, 0.1) is 11.8 Å². The second-order valence-corrected chi connectivity index (χ2v) is 3.91. The van der Waals surface area contributed by atoms with E-state index >= 15 is 0 Å². The second-order valence-electron chi connectivity index (χ2n) is 3.91. The van der Waals surface area contributed by atoms with E-state index in [4.69, 9.17) is 0 Å². The van der Waals surface area contributed by atoms with Gasteiger partial charge in [-0.3, -0.25) is 4.99 Å². The molecule has 0 spiro atoms. The molecule has 0 saturated carbocycles. The molecule has 0 aliphatic heterocycles. The molecule has 0 aromatic carbocycles. The molecule has 0 N–H and O–H groups in total. The minimum absolute atomic E-state index is 0.470. The molecule has 0 aromatic heterocycles. The van der Waals surface area contributed by atoms with Crippen molar-refractivity contribution in [2.24, 2.45) is 16.8 Å². The Balaban J connectivity index is 4.07. The summed E-state index contributed by atoms with van der Waals surface area (Å²) in [7, 11) is 0. The predicted molar refractivity (Wildman–Crippen MR) is 52.2 cm³/mol. The lowest BCUT2D eigenvalue weighted by Gasteiger charge is -2.13. The van der Waals surface area contributed by atoms with E-state index in [9.17, 15) is 0 Å². The average Bonchev–Trinajstić information content (AvgIpc) is 1.87. The lowest BCUT2D eigenvalue weighted by atomic mass is 10.1. The Morgan fingerprint density at radius 2 is 1.45 bits per heavy atom. The van der Waals surface area contributed by atoms with Gasteiger partial charge >= 0.3 is 0 Å². The van der Waals surface area contributed by atoms with Gasteiger partial charge in [-0.05, 0) is 25.7 Å². The van der Waals surface area contributed by atoms with Crippen molar-refractivity contribution in [1.82, 2.24) is 0 Å². The summed E-state index contributed by atoms with van der Waals surface area (Å²) in [5.74, 6) is 1.25. The Hall–Kier alpha value is -0.330. The minimum atomic E-state index is 0.470. The van der Waals surface area contributed by atoms with Crippen LogP contribution in [0.3, 0.4) is 0 Å². The van der Waals surface area contributed by atoms with Gasteiger partial charge in [-0.25, -0.2) is 0 Å². The molecule has 1 atom stereocenters. The monoisotopic (exact) mass is 155 g/mol. The molecule has 0 fully saturated rings. The van der Waals surface area contributed by atoms with Gasteiger partial charge in [-0.15, -0.1) is 0 Å².